The average Bonchev–Trinajstić information content (AvgIpc) is 3.21. The predicted molar refractivity (Wildman–Crippen MR) is 94.4 cm³/mol. The number of carbonyl (C=O) groups excluding carboxylic acids is 1. The Kier molecular flexibility index (Phi) is 3.95. The van der Waals surface area contributed by atoms with E-state index in [4.69, 9.17) is 5.11 Å². The summed E-state index contributed by atoms with van der Waals surface area (Å²) < 4.78 is 0. The van der Waals surface area contributed by atoms with E-state index in [2.05, 4.69) is 15.3 Å². The van der Waals surface area contributed by atoms with Gasteiger partial charge in [-0.25, -0.2) is 4.98 Å². The first-order chi connectivity index (χ1) is 11.7. The molecule has 0 unspecified atom stereocenters. The molecular formula is C17H18N4O2S. The number of thiazole rings is 1. The molecule has 3 heterocycles. The summed E-state index contributed by atoms with van der Waals surface area (Å²) >= 11 is 1.56. The van der Waals surface area contributed by atoms with Crippen LogP contribution in [0.3, 0.4) is 0 Å². The molecule has 7 heteroatoms. The zero-order valence-corrected chi connectivity index (χ0v) is 13.9. The number of hydrogen-bond acceptors (Lipinski definition) is 5. The number of anilines is 1. The third-order valence-electron chi connectivity index (χ3n) is 4.17. The minimum absolute atomic E-state index is 0.0233. The van der Waals surface area contributed by atoms with Gasteiger partial charge >= 0.3 is 0 Å². The van der Waals surface area contributed by atoms with Gasteiger partial charge in [-0.05, 0) is 12.1 Å². The number of hydrogen-bond donors (Lipinski definition) is 3. The molecule has 1 aliphatic rings. The van der Waals surface area contributed by atoms with Gasteiger partial charge in [0.1, 0.15) is 5.69 Å². The minimum atomic E-state index is 0.0233. The van der Waals surface area contributed by atoms with Crippen LogP contribution in [0.15, 0.2) is 30.3 Å². The van der Waals surface area contributed by atoms with Crippen molar-refractivity contribution < 1.29 is 9.90 Å². The molecule has 1 aromatic carbocycles. The van der Waals surface area contributed by atoms with Gasteiger partial charge in [0.15, 0.2) is 5.13 Å². The second kappa shape index (κ2) is 6.26. The van der Waals surface area contributed by atoms with E-state index >= 15 is 0 Å². The number of aromatic nitrogens is 2. The van der Waals surface area contributed by atoms with Crippen molar-refractivity contribution >= 4 is 33.3 Å². The van der Waals surface area contributed by atoms with E-state index in [1.807, 2.05) is 35.2 Å². The van der Waals surface area contributed by atoms with Crippen molar-refractivity contribution in [2.45, 2.75) is 13.0 Å². The van der Waals surface area contributed by atoms with E-state index < -0.39 is 0 Å². The molecule has 2 aromatic heterocycles. The van der Waals surface area contributed by atoms with Crippen LogP contribution >= 0.6 is 11.3 Å². The first-order valence-electron chi connectivity index (χ1n) is 7.95. The van der Waals surface area contributed by atoms with Crippen LogP contribution in [0.1, 0.15) is 21.1 Å². The maximum Gasteiger partial charge on any atom is 0.270 e. The highest BCUT2D eigenvalue weighted by Crippen LogP contribution is 2.29. The third-order valence-corrected chi connectivity index (χ3v) is 5.21. The summed E-state index contributed by atoms with van der Waals surface area (Å²) in [6.45, 7) is 1.83. The molecule has 4 rings (SSSR count). The summed E-state index contributed by atoms with van der Waals surface area (Å²) in [7, 11) is 0. The highest BCUT2D eigenvalue weighted by atomic mass is 32.1. The molecule has 0 fully saturated rings. The smallest absolute Gasteiger partial charge is 0.270 e. The quantitative estimate of drug-likeness (QED) is 0.679. The predicted octanol–water partition coefficient (Wildman–Crippen LogP) is 2.23. The fourth-order valence-corrected chi connectivity index (χ4v) is 4.02. The largest absolute Gasteiger partial charge is 0.395 e. The fourth-order valence-electron chi connectivity index (χ4n) is 2.97. The molecule has 124 valence electrons. The lowest BCUT2D eigenvalue weighted by molar-refractivity contribution is 0.0731. The van der Waals surface area contributed by atoms with Gasteiger partial charge in [-0.15, -0.1) is 0 Å². The van der Waals surface area contributed by atoms with Crippen LogP contribution in [0.5, 0.6) is 0 Å². The number of H-pyrrole nitrogens is 1. The number of benzene rings is 1. The summed E-state index contributed by atoms with van der Waals surface area (Å²) in [4.78, 5) is 23.5. The van der Waals surface area contributed by atoms with Crippen molar-refractivity contribution in [1.29, 1.82) is 0 Å². The van der Waals surface area contributed by atoms with E-state index in [-0.39, 0.29) is 12.5 Å². The van der Waals surface area contributed by atoms with Gasteiger partial charge in [0, 0.05) is 35.3 Å². The molecule has 24 heavy (non-hydrogen) atoms. The maximum absolute atomic E-state index is 12.8. The van der Waals surface area contributed by atoms with Crippen molar-refractivity contribution in [3.63, 3.8) is 0 Å². The Hall–Kier alpha value is -2.38. The summed E-state index contributed by atoms with van der Waals surface area (Å²) in [5.41, 5.74) is 2.66. The van der Waals surface area contributed by atoms with Crippen LogP contribution in [-0.4, -0.2) is 45.6 Å². The van der Waals surface area contributed by atoms with E-state index in [9.17, 15) is 4.79 Å². The van der Waals surface area contributed by atoms with Gasteiger partial charge in [0.05, 0.1) is 18.8 Å². The normalized spacial score (nSPS) is 14.0. The topological polar surface area (TPSA) is 81.2 Å². The molecule has 0 spiro atoms. The molecule has 3 N–H and O–H groups in total. The lowest BCUT2D eigenvalue weighted by Crippen LogP contribution is -2.35. The number of rotatable bonds is 4. The number of aliphatic hydroxyl groups is 1. The highest BCUT2D eigenvalue weighted by Gasteiger charge is 2.25. The maximum atomic E-state index is 12.8. The zero-order valence-electron chi connectivity index (χ0n) is 13.1. The average molecular weight is 342 g/mol. The van der Waals surface area contributed by atoms with Crippen LogP contribution < -0.4 is 5.32 Å². The van der Waals surface area contributed by atoms with Crippen LogP contribution in [0.4, 0.5) is 5.13 Å². The standard InChI is InChI=1S/C17H18N4O2S/c22-8-6-18-17-20-13-5-7-21(10-15(13)24-17)16(23)14-9-11-3-1-2-4-12(11)19-14/h1-4,9,19,22H,5-8,10H2,(H,18,20). The number of aliphatic hydroxyl groups excluding tert-OH is 1. The summed E-state index contributed by atoms with van der Waals surface area (Å²) in [5.74, 6) is 0.0233. The lowest BCUT2D eigenvalue weighted by Gasteiger charge is -2.25. The number of nitrogens with zero attached hydrogens (tertiary/aromatic N) is 2. The summed E-state index contributed by atoms with van der Waals surface area (Å²) in [5, 5.41) is 13.8. The Balaban J connectivity index is 1.53. The SMILES string of the molecule is O=C(c1cc2ccccc2[nH]1)N1CCc2nc(NCCO)sc2C1. The second-order valence-electron chi connectivity index (χ2n) is 5.79. The Morgan fingerprint density at radius 2 is 2.29 bits per heavy atom. The molecule has 6 nitrogen and oxygen atoms in total. The molecule has 0 saturated heterocycles. The molecule has 1 aliphatic heterocycles. The highest BCUT2D eigenvalue weighted by molar-refractivity contribution is 7.15. The van der Waals surface area contributed by atoms with E-state index in [1.165, 1.54) is 0 Å². The number of amides is 1. The van der Waals surface area contributed by atoms with Gasteiger partial charge in [0.2, 0.25) is 0 Å². The van der Waals surface area contributed by atoms with Gasteiger partial charge in [-0.3, -0.25) is 4.79 Å². The number of nitrogens with one attached hydrogen (secondary N) is 2. The van der Waals surface area contributed by atoms with E-state index in [1.54, 1.807) is 11.3 Å². The fraction of sp³-hybridized carbons (Fsp3) is 0.294. The first-order valence-corrected chi connectivity index (χ1v) is 8.76. The van der Waals surface area contributed by atoms with Crippen molar-refractivity contribution in [3.8, 4) is 0 Å². The molecule has 0 saturated carbocycles. The Bertz CT molecular complexity index is 853. The molecule has 1 amide bonds. The van der Waals surface area contributed by atoms with E-state index in [0.717, 1.165) is 33.0 Å². The number of carbonyl (C=O) groups is 1. The molecule has 3 aromatic rings. The summed E-state index contributed by atoms with van der Waals surface area (Å²) in [6.07, 6.45) is 0.763. The second-order valence-corrected chi connectivity index (χ2v) is 6.87. The Labute approximate surface area is 143 Å². The van der Waals surface area contributed by atoms with Gasteiger partial charge in [-0.1, -0.05) is 29.5 Å². The van der Waals surface area contributed by atoms with Crippen molar-refractivity contribution in [1.82, 2.24) is 14.9 Å². The van der Waals surface area contributed by atoms with Gasteiger partial charge in [0.25, 0.3) is 5.91 Å². The van der Waals surface area contributed by atoms with Crippen molar-refractivity contribution in [3.05, 3.63) is 46.6 Å². The monoisotopic (exact) mass is 342 g/mol. The summed E-state index contributed by atoms with van der Waals surface area (Å²) in [6, 6.07) is 9.81. The minimum Gasteiger partial charge on any atom is -0.395 e. The van der Waals surface area contributed by atoms with Crippen molar-refractivity contribution in [2.75, 3.05) is 25.0 Å². The lowest BCUT2D eigenvalue weighted by atomic mass is 10.1. The van der Waals surface area contributed by atoms with Crippen LogP contribution in [0, 0.1) is 0 Å². The number of fused-ring (bicyclic) bond motifs is 2. The van der Waals surface area contributed by atoms with Crippen LogP contribution in [-0.2, 0) is 13.0 Å². The van der Waals surface area contributed by atoms with Crippen LogP contribution in [0.2, 0.25) is 0 Å². The van der Waals surface area contributed by atoms with Gasteiger partial charge in [-0.2, -0.15) is 0 Å². The Morgan fingerprint density at radius 3 is 3.12 bits per heavy atom. The third kappa shape index (κ3) is 2.76. The number of para-hydroxylation sites is 1. The molecular weight excluding hydrogens is 324 g/mol. The van der Waals surface area contributed by atoms with E-state index in [0.29, 0.717) is 25.3 Å². The Morgan fingerprint density at radius 1 is 1.42 bits per heavy atom. The molecule has 0 atom stereocenters. The molecule has 0 radical (unpaired) electrons. The first kappa shape index (κ1) is 15.2. The van der Waals surface area contributed by atoms with Crippen LogP contribution in [0.25, 0.3) is 10.9 Å². The number of aromatic amines is 1. The molecule has 0 bridgehead atoms. The van der Waals surface area contributed by atoms with Gasteiger partial charge < -0.3 is 20.3 Å². The molecule has 0 aliphatic carbocycles. The van der Waals surface area contributed by atoms with Crippen molar-refractivity contribution in [2.24, 2.45) is 0 Å². The zero-order chi connectivity index (χ0) is 16.5.